The van der Waals surface area contributed by atoms with Gasteiger partial charge in [0.2, 0.25) is 0 Å². The summed E-state index contributed by atoms with van der Waals surface area (Å²) < 4.78 is 1.16. The summed E-state index contributed by atoms with van der Waals surface area (Å²) in [4.78, 5) is 2.65. The first-order valence-electron chi connectivity index (χ1n) is 8.44. The molecule has 2 nitrogen and oxygen atoms in total. The van der Waals surface area contributed by atoms with Crippen LogP contribution in [0.1, 0.15) is 51.1 Å². The fraction of sp³-hybridized carbons (Fsp3) is 0.667. The van der Waals surface area contributed by atoms with E-state index in [-0.39, 0.29) is 0 Å². The number of piperidine rings is 1. The van der Waals surface area contributed by atoms with Crippen molar-refractivity contribution < 1.29 is 0 Å². The molecule has 1 atom stereocenters. The Morgan fingerprint density at radius 3 is 2.43 bits per heavy atom. The maximum absolute atomic E-state index is 3.64. The van der Waals surface area contributed by atoms with Crippen LogP contribution >= 0.6 is 15.9 Å². The smallest absolute Gasteiger partial charge is 0.0332 e. The molecule has 1 aliphatic heterocycles. The second-order valence-corrected chi connectivity index (χ2v) is 7.06. The number of hydrogen-bond acceptors (Lipinski definition) is 2. The number of benzene rings is 1. The molecular weight excluding hydrogens is 324 g/mol. The predicted molar refractivity (Wildman–Crippen MR) is 94.6 cm³/mol. The Balaban J connectivity index is 1.84. The first kappa shape index (κ1) is 17.0. The topological polar surface area (TPSA) is 15.3 Å². The van der Waals surface area contributed by atoms with E-state index in [1.165, 1.54) is 50.9 Å². The van der Waals surface area contributed by atoms with Crippen molar-refractivity contribution >= 4 is 15.9 Å². The number of halogens is 1. The summed E-state index contributed by atoms with van der Waals surface area (Å²) in [6.45, 7) is 9.34. The van der Waals surface area contributed by atoms with E-state index in [2.05, 4.69) is 64.3 Å². The van der Waals surface area contributed by atoms with Crippen LogP contribution in [0.3, 0.4) is 0 Å². The second kappa shape index (κ2) is 8.92. The molecule has 1 heterocycles. The molecule has 1 fully saturated rings. The van der Waals surface area contributed by atoms with Gasteiger partial charge in [0.1, 0.15) is 0 Å². The van der Waals surface area contributed by atoms with Crippen LogP contribution < -0.4 is 5.32 Å². The molecule has 0 saturated carbocycles. The van der Waals surface area contributed by atoms with Crippen LogP contribution in [0.4, 0.5) is 0 Å². The molecule has 0 spiro atoms. The van der Waals surface area contributed by atoms with Crippen LogP contribution in [0, 0.1) is 5.92 Å². The first-order valence-corrected chi connectivity index (χ1v) is 9.23. The Morgan fingerprint density at radius 1 is 1.19 bits per heavy atom. The van der Waals surface area contributed by atoms with Crippen LogP contribution in [0.2, 0.25) is 0 Å². The zero-order valence-electron chi connectivity index (χ0n) is 13.4. The van der Waals surface area contributed by atoms with Gasteiger partial charge in [0.05, 0.1) is 0 Å². The third-order valence-electron chi connectivity index (χ3n) is 4.74. The number of likely N-dealkylation sites (tertiary alicyclic amines) is 1. The molecule has 3 heteroatoms. The SMILES string of the molecule is CCNC(CCN1CCC(CC)CC1)c1ccc(Br)cc1. The lowest BCUT2D eigenvalue weighted by Crippen LogP contribution is -2.36. The van der Waals surface area contributed by atoms with Gasteiger partial charge in [-0.1, -0.05) is 48.3 Å². The lowest BCUT2D eigenvalue weighted by Gasteiger charge is -2.32. The zero-order chi connectivity index (χ0) is 15.1. The van der Waals surface area contributed by atoms with Crippen molar-refractivity contribution in [1.82, 2.24) is 10.2 Å². The van der Waals surface area contributed by atoms with E-state index in [9.17, 15) is 0 Å². The Bertz CT molecular complexity index is 396. The minimum Gasteiger partial charge on any atom is -0.310 e. The van der Waals surface area contributed by atoms with Crippen LogP contribution in [0.25, 0.3) is 0 Å². The monoisotopic (exact) mass is 352 g/mol. The molecule has 0 amide bonds. The van der Waals surface area contributed by atoms with Gasteiger partial charge < -0.3 is 10.2 Å². The Hall–Kier alpha value is -0.380. The molecule has 0 aliphatic carbocycles. The molecule has 1 N–H and O–H groups in total. The quantitative estimate of drug-likeness (QED) is 0.770. The van der Waals surface area contributed by atoms with Gasteiger partial charge in [0.15, 0.2) is 0 Å². The fourth-order valence-electron chi connectivity index (χ4n) is 3.26. The van der Waals surface area contributed by atoms with Crippen LogP contribution in [0.5, 0.6) is 0 Å². The summed E-state index contributed by atoms with van der Waals surface area (Å²) >= 11 is 3.52. The van der Waals surface area contributed by atoms with E-state index in [0.717, 1.165) is 16.9 Å². The zero-order valence-corrected chi connectivity index (χ0v) is 15.0. The van der Waals surface area contributed by atoms with Gasteiger partial charge >= 0.3 is 0 Å². The standard InChI is InChI=1S/C18H29BrN2/c1-3-15-9-12-21(13-10-15)14-11-18(20-4-2)16-5-7-17(19)8-6-16/h5-8,15,18,20H,3-4,9-14H2,1-2H3. The summed E-state index contributed by atoms with van der Waals surface area (Å²) in [7, 11) is 0. The van der Waals surface area contributed by atoms with Crippen molar-refractivity contribution in [3.63, 3.8) is 0 Å². The molecular formula is C18H29BrN2. The molecule has 21 heavy (non-hydrogen) atoms. The first-order chi connectivity index (χ1) is 10.2. The van der Waals surface area contributed by atoms with Gasteiger partial charge in [0, 0.05) is 10.5 Å². The molecule has 0 radical (unpaired) electrons. The minimum atomic E-state index is 0.479. The molecule has 118 valence electrons. The van der Waals surface area contributed by atoms with E-state index < -0.39 is 0 Å². The van der Waals surface area contributed by atoms with Gasteiger partial charge in [-0.25, -0.2) is 0 Å². The largest absolute Gasteiger partial charge is 0.310 e. The molecule has 0 bridgehead atoms. The molecule has 2 rings (SSSR count). The lowest BCUT2D eigenvalue weighted by molar-refractivity contribution is 0.174. The molecule has 1 aliphatic rings. The Kier molecular flexibility index (Phi) is 7.21. The second-order valence-electron chi connectivity index (χ2n) is 6.14. The van der Waals surface area contributed by atoms with Gasteiger partial charge in [-0.2, -0.15) is 0 Å². The van der Waals surface area contributed by atoms with Gasteiger partial charge in [0.25, 0.3) is 0 Å². The maximum atomic E-state index is 3.64. The third kappa shape index (κ3) is 5.39. The number of nitrogens with one attached hydrogen (secondary N) is 1. The summed E-state index contributed by atoms with van der Waals surface area (Å²) in [6.07, 6.45) is 5.33. The number of rotatable bonds is 7. The minimum absolute atomic E-state index is 0.479. The van der Waals surface area contributed by atoms with E-state index in [4.69, 9.17) is 0 Å². The molecule has 1 unspecified atom stereocenters. The number of nitrogens with zero attached hydrogens (tertiary/aromatic N) is 1. The predicted octanol–water partition coefficient (Wildman–Crippen LogP) is 4.61. The molecule has 1 saturated heterocycles. The van der Waals surface area contributed by atoms with Crippen molar-refractivity contribution in [3.05, 3.63) is 34.3 Å². The highest BCUT2D eigenvalue weighted by molar-refractivity contribution is 9.10. The summed E-state index contributed by atoms with van der Waals surface area (Å²) in [5.74, 6) is 0.970. The Labute approximate surface area is 138 Å². The summed E-state index contributed by atoms with van der Waals surface area (Å²) in [5.41, 5.74) is 1.41. The van der Waals surface area contributed by atoms with Crippen molar-refractivity contribution in [2.75, 3.05) is 26.2 Å². The van der Waals surface area contributed by atoms with E-state index in [0.29, 0.717) is 6.04 Å². The van der Waals surface area contributed by atoms with Gasteiger partial charge in [-0.15, -0.1) is 0 Å². The highest BCUT2D eigenvalue weighted by Crippen LogP contribution is 2.23. The molecule has 1 aromatic rings. The highest BCUT2D eigenvalue weighted by atomic mass is 79.9. The lowest BCUT2D eigenvalue weighted by atomic mass is 9.94. The third-order valence-corrected chi connectivity index (χ3v) is 5.27. The molecule has 0 aromatic heterocycles. The van der Waals surface area contributed by atoms with Crippen molar-refractivity contribution in [2.24, 2.45) is 5.92 Å². The Morgan fingerprint density at radius 2 is 1.86 bits per heavy atom. The number of hydrogen-bond donors (Lipinski definition) is 1. The molecule has 1 aromatic carbocycles. The summed E-state index contributed by atoms with van der Waals surface area (Å²) in [5, 5.41) is 3.64. The van der Waals surface area contributed by atoms with Crippen LogP contribution in [-0.2, 0) is 0 Å². The average molecular weight is 353 g/mol. The van der Waals surface area contributed by atoms with Crippen LogP contribution in [-0.4, -0.2) is 31.1 Å². The highest BCUT2D eigenvalue weighted by Gasteiger charge is 2.19. The van der Waals surface area contributed by atoms with E-state index in [1.807, 2.05) is 0 Å². The van der Waals surface area contributed by atoms with Gasteiger partial charge in [-0.3, -0.25) is 0 Å². The van der Waals surface area contributed by atoms with Crippen molar-refractivity contribution in [3.8, 4) is 0 Å². The van der Waals surface area contributed by atoms with E-state index in [1.54, 1.807) is 0 Å². The fourth-order valence-corrected chi connectivity index (χ4v) is 3.52. The van der Waals surface area contributed by atoms with Crippen molar-refractivity contribution in [1.29, 1.82) is 0 Å². The van der Waals surface area contributed by atoms with Crippen LogP contribution in [0.15, 0.2) is 28.7 Å². The maximum Gasteiger partial charge on any atom is 0.0332 e. The summed E-state index contributed by atoms with van der Waals surface area (Å²) in [6, 6.07) is 9.24. The normalized spacial score (nSPS) is 18.8. The van der Waals surface area contributed by atoms with Crippen molar-refractivity contribution in [2.45, 2.75) is 45.6 Å². The van der Waals surface area contributed by atoms with E-state index >= 15 is 0 Å². The average Bonchev–Trinajstić information content (AvgIpc) is 2.53. The van der Waals surface area contributed by atoms with Gasteiger partial charge in [-0.05, 0) is 69.1 Å².